The molecule has 7 nitrogen and oxygen atoms in total. The topological polar surface area (TPSA) is 109 Å². The van der Waals surface area contributed by atoms with E-state index < -0.39 is 19.9 Å². The van der Waals surface area contributed by atoms with E-state index in [1.165, 1.54) is 30.3 Å². The highest BCUT2D eigenvalue weighted by Gasteiger charge is 2.16. The Balaban J connectivity index is 1.73. The Kier molecular flexibility index (Phi) is 6.71. The van der Waals surface area contributed by atoms with Crippen molar-refractivity contribution in [2.24, 2.45) is 0 Å². The summed E-state index contributed by atoms with van der Waals surface area (Å²) in [6.45, 7) is 3.64. The highest BCUT2D eigenvalue weighted by Crippen LogP contribution is 2.20. The fourth-order valence-electron chi connectivity index (χ4n) is 3.02. The number of aryl methyl sites for hydroxylation is 1. The Morgan fingerprint density at radius 3 is 2.03 bits per heavy atom. The Labute approximate surface area is 188 Å². The van der Waals surface area contributed by atoms with Crippen LogP contribution in [0.2, 0.25) is 0 Å². The third-order valence-corrected chi connectivity index (χ3v) is 7.39. The quantitative estimate of drug-likeness (QED) is 0.545. The van der Waals surface area contributed by atoms with Crippen molar-refractivity contribution in [2.75, 3.05) is 11.0 Å². The average Bonchev–Trinajstić information content (AvgIpc) is 2.73. The van der Waals surface area contributed by atoms with E-state index in [0.29, 0.717) is 0 Å². The summed E-state index contributed by atoms with van der Waals surface area (Å²) in [5.41, 5.74) is 2.24. The molecule has 0 aromatic heterocycles. The van der Waals surface area contributed by atoms with E-state index in [-0.39, 0.29) is 33.0 Å². The van der Waals surface area contributed by atoms with Gasteiger partial charge < -0.3 is 5.32 Å². The molecule has 1 atom stereocenters. The number of nitrogens with one attached hydrogen (secondary N) is 2. The zero-order chi connectivity index (χ0) is 23.5. The zero-order valence-corrected chi connectivity index (χ0v) is 19.5. The molecule has 0 aliphatic carbocycles. The van der Waals surface area contributed by atoms with Gasteiger partial charge in [0.05, 0.1) is 15.8 Å². The van der Waals surface area contributed by atoms with Crippen LogP contribution in [0.4, 0.5) is 5.69 Å². The molecule has 0 heterocycles. The van der Waals surface area contributed by atoms with Gasteiger partial charge in [0, 0.05) is 17.5 Å². The van der Waals surface area contributed by atoms with Gasteiger partial charge in [0.25, 0.3) is 15.9 Å². The number of amides is 1. The number of anilines is 1. The Morgan fingerprint density at radius 2 is 1.44 bits per heavy atom. The molecule has 0 bridgehead atoms. The van der Waals surface area contributed by atoms with Crippen molar-refractivity contribution in [3.05, 3.63) is 89.5 Å². The summed E-state index contributed by atoms with van der Waals surface area (Å²) < 4.78 is 50.9. The van der Waals surface area contributed by atoms with Crippen LogP contribution in [0.15, 0.2) is 82.6 Å². The molecule has 3 aromatic carbocycles. The number of hydrogen-bond acceptors (Lipinski definition) is 5. The number of carbonyl (C=O) groups excluding carboxylic acids is 1. The first-order valence-electron chi connectivity index (χ1n) is 9.76. The lowest BCUT2D eigenvalue weighted by atomic mass is 10.1. The average molecular weight is 473 g/mol. The molecule has 3 rings (SSSR count). The first-order chi connectivity index (χ1) is 15.0. The van der Waals surface area contributed by atoms with E-state index in [9.17, 15) is 21.6 Å². The van der Waals surface area contributed by atoms with Crippen molar-refractivity contribution in [3.63, 3.8) is 0 Å². The van der Waals surface area contributed by atoms with Crippen LogP contribution in [0, 0.1) is 6.92 Å². The largest absolute Gasteiger partial charge is 0.346 e. The summed E-state index contributed by atoms with van der Waals surface area (Å²) in [5.74, 6) is -0.388. The predicted octanol–water partition coefficient (Wildman–Crippen LogP) is 3.69. The van der Waals surface area contributed by atoms with Gasteiger partial charge in [0.1, 0.15) is 0 Å². The maximum absolute atomic E-state index is 12.7. The third-order valence-electron chi connectivity index (χ3n) is 4.86. The Bertz CT molecular complexity index is 1330. The second-order valence-electron chi connectivity index (χ2n) is 7.54. The van der Waals surface area contributed by atoms with Crippen molar-refractivity contribution in [2.45, 2.75) is 29.7 Å². The van der Waals surface area contributed by atoms with Gasteiger partial charge in [-0.1, -0.05) is 35.9 Å². The molecule has 0 fully saturated rings. The van der Waals surface area contributed by atoms with Crippen LogP contribution in [0.3, 0.4) is 0 Å². The fraction of sp³-hybridized carbons (Fsp3) is 0.174. The van der Waals surface area contributed by atoms with Crippen molar-refractivity contribution in [1.82, 2.24) is 5.32 Å². The Morgan fingerprint density at radius 1 is 0.844 bits per heavy atom. The smallest absolute Gasteiger partial charge is 0.261 e. The van der Waals surface area contributed by atoms with Crippen molar-refractivity contribution in [1.29, 1.82) is 0 Å². The molecule has 0 radical (unpaired) electrons. The summed E-state index contributed by atoms with van der Waals surface area (Å²) in [6.07, 6.45) is 1.13. The van der Waals surface area contributed by atoms with Crippen LogP contribution in [-0.2, 0) is 19.9 Å². The number of benzene rings is 3. The van der Waals surface area contributed by atoms with Crippen LogP contribution < -0.4 is 10.0 Å². The fourth-order valence-corrected chi connectivity index (χ4v) is 4.70. The second-order valence-corrected chi connectivity index (χ2v) is 11.2. The molecule has 0 spiro atoms. The van der Waals surface area contributed by atoms with Crippen LogP contribution in [-0.4, -0.2) is 29.0 Å². The molecule has 0 saturated carbocycles. The standard InChI is InChI=1S/C23H24N2O5S2/c1-16-7-11-22(12-8-16)32(29,30)25-20-6-4-5-19(15-20)23(26)24-17(2)18-9-13-21(14-10-18)31(3,27)28/h4-15,17,25H,1-3H3,(H,24,26)/t17-/m0/s1. The minimum Gasteiger partial charge on any atom is -0.346 e. The van der Waals surface area contributed by atoms with Gasteiger partial charge in [0.15, 0.2) is 9.84 Å². The molecule has 0 aliphatic rings. The number of rotatable bonds is 7. The minimum absolute atomic E-state index is 0.129. The summed E-state index contributed by atoms with van der Waals surface area (Å²) in [7, 11) is -7.08. The molecule has 0 unspecified atom stereocenters. The second kappa shape index (κ2) is 9.13. The van der Waals surface area contributed by atoms with E-state index in [4.69, 9.17) is 0 Å². The van der Waals surface area contributed by atoms with Crippen molar-refractivity contribution >= 4 is 31.5 Å². The maximum atomic E-state index is 12.7. The van der Waals surface area contributed by atoms with E-state index in [1.54, 1.807) is 49.4 Å². The Hall–Kier alpha value is -3.17. The molecule has 1 amide bonds. The molecular weight excluding hydrogens is 448 g/mol. The first kappa shape index (κ1) is 23.5. The lowest BCUT2D eigenvalue weighted by Gasteiger charge is -2.15. The minimum atomic E-state index is -3.79. The predicted molar refractivity (Wildman–Crippen MR) is 124 cm³/mol. The van der Waals surface area contributed by atoms with Gasteiger partial charge in [-0.25, -0.2) is 16.8 Å². The van der Waals surface area contributed by atoms with Gasteiger partial charge in [-0.15, -0.1) is 0 Å². The number of hydrogen-bond donors (Lipinski definition) is 2. The molecule has 9 heteroatoms. The molecule has 32 heavy (non-hydrogen) atoms. The summed E-state index contributed by atoms with van der Waals surface area (Å²) in [6, 6.07) is 18.6. The van der Waals surface area contributed by atoms with Gasteiger partial charge in [-0.05, 0) is 61.9 Å². The number of carbonyl (C=O) groups is 1. The third kappa shape index (κ3) is 5.74. The SMILES string of the molecule is Cc1ccc(S(=O)(=O)Nc2cccc(C(=O)N[C@@H](C)c3ccc(S(C)(=O)=O)cc3)c2)cc1. The lowest BCUT2D eigenvalue weighted by molar-refractivity contribution is 0.0940. The highest BCUT2D eigenvalue weighted by atomic mass is 32.2. The highest BCUT2D eigenvalue weighted by molar-refractivity contribution is 7.92. The monoisotopic (exact) mass is 472 g/mol. The van der Waals surface area contributed by atoms with E-state index in [0.717, 1.165) is 17.4 Å². The van der Waals surface area contributed by atoms with E-state index >= 15 is 0 Å². The van der Waals surface area contributed by atoms with Crippen LogP contribution in [0.25, 0.3) is 0 Å². The van der Waals surface area contributed by atoms with Gasteiger partial charge in [0.2, 0.25) is 0 Å². The lowest BCUT2D eigenvalue weighted by Crippen LogP contribution is -2.26. The van der Waals surface area contributed by atoms with Gasteiger partial charge >= 0.3 is 0 Å². The van der Waals surface area contributed by atoms with Crippen molar-refractivity contribution in [3.8, 4) is 0 Å². The molecule has 2 N–H and O–H groups in total. The number of sulfonamides is 1. The van der Waals surface area contributed by atoms with Gasteiger partial charge in [-0.3, -0.25) is 9.52 Å². The molecule has 3 aromatic rings. The van der Waals surface area contributed by atoms with Crippen LogP contribution >= 0.6 is 0 Å². The van der Waals surface area contributed by atoms with Crippen LogP contribution in [0.1, 0.15) is 34.5 Å². The summed E-state index contributed by atoms with van der Waals surface area (Å²) in [5, 5.41) is 2.83. The molecule has 168 valence electrons. The molecule has 0 aliphatic heterocycles. The van der Waals surface area contributed by atoms with E-state index in [2.05, 4.69) is 10.0 Å². The maximum Gasteiger partial charge on any atom is 0.261 e. The summed E-state index contributed by atoms with van der Waals surface area (Å²) in [4.78, 5) is 13.0. The normalized spacial score (nSPS) is 12.7. The summed E-state index contributed by atoms with van der Waals surface area (Å²) >= 11 is 0. The first-order valence-corrected chi connectivity index (χ1v) is 13.1. The van der Waals surface area contributed by atoms with E-state index in [1.807, 2.05) is 6.92 Å². The number of sulfone groups is 1. The van der Waals surface area contributed by atoms with Crippen molar-refractivity contribution < 1.29 is 21.6 Å². The van der Waals surface area contributed by atoms with Crippen LogP contribution in [0.5, 0.6) is 0 Å². The van der Waals surface area contributed by atoms with Gasteiger partial charge in [-0.2, -0.15) is 0 Å². The molecular formula is C23H24N2O5S2. The zero-order valence-electron chi connectivity index (χ0n) is 17.9. The molecule has 0 saturated heterocycles.